The molecule has 3 aromatic carbocycles. The number of aryl methyl sites for hydroxylation is 1. The summed E-state index contributed by atoms with van der Waals surface area (Å²) in [4.78, 5) is 30.5. The van der Waals surface area contributed by atoms with Gasteiger partial charge in [-0.15, -0.1) is 0 Å². The minimum atomic E-state index is -0.800. The van der Waals surface area contributed by atoms with E-state index >= 15 is 0 Å². The predicted octanol–water partition coefficient (Wildman–Crippen LogP) is 6.02. The third kappa shape index (κ3) is 6.60. The number of hydrogen-bond acceptors (Lipinski definition) is 6. The number of hydrogen-bond donors (Lipinski definition) is 1. The first-order valence-electron chi connectivity index (χ1n) is 13.6. The number of ether oxygens (including phenoxy) is 2. The molecule has 0 aliphatic carbocycles. The Morgan fingerprint density at radius 2 is 1.71 bits per heavy atom. The Kier molecular flexibility index (Phi) is 9.30. The van der Waals surface area contributed by atoms with Crippen molar-refractivity contribution in [3.05, 3.63) is 105 Å². The highest BCUT2D eigenvalue weighted by Crippen LogP contribution is 2.41. The zero-order valence-corrected chi connectivity index (χ0v) is 24.3. The summed E-state index contributed by atoms with van der Waals surface area (Å²) < 4.78 is 11.4. The van der Waals surface area contributed by atoms with Gasteiger partial charge in [-0.05, 0) is 66.4 Å². The Morgan fingerprint density at radius 1 is 0.976 bits per heavy atom. The molecule has 41 heavy (non-hydrogen) atoms. The van der Waals surface area contributed by atoms with Crippen LogP contribution in [0.5, 0.6) is 5.75 Å². The number of halogens is 2. The van der Waals surface area contributed by atoms with Crippen molar-refractivity contribution < 1.29 is 24.2 Å². The fourth-order valence-corrected chi connectivity index (χ4v) is 5.53. The lowest BCUT2D eigenvalue weighted by Crippen LogP contribution is -2.38. The first-order valence-corrected chi connectivity index (χ1v) is 14.4. The molecular formula is C32H32Cl2N2O5. The van der Waals surface area contributed by atoms with Gasteiger partial charge in [0.2, 0.25) is 0 Å². The lowest BCUT2D eigenvalue weighted by atomic mass is 9.95. The van der Waals surface area contributed by atoms with Crippen LogP contribution in [0.15, 0.2) is 72.3 Å². The molecule has 2 saturated heterocycles. The number of carbonyl (C=O) groups excluding carboxylic acids is 2. The second kappa shape index (κ2) is 13.1. The summed E-state index contributed by atoms with van der Waals surface area (Å²) in [6.45, 7) is 6.58. The topological polar surface area (TPSA) is 79.3 Å². The molecule has 1 amide bonds. The molecule has 0 saturated carbocycles. The van der Waals surface area contributed by atoms with Gasteiger partial charge in [-0.2, -0.15) is 0 Å². The molecule has 2 fully saturated rings. The molecule has 0 radical (unpaired) electrons. The molecule has 1 unspecified atom stereocenters. The Hall–Kier alpha value is -3.36. The quantitative estimate of drug-likeness (QED) is 0.185. The van der Waals surface area contributed by atoms with Gasteiger partial charge < -0.3 is 19.5 Å². The molecule has 1 atom stereocenters. The van der Waals surface area contributed by atoms with Crippen LogP contribution in [0.3, 0.4) is 0 Å². The van der Waals surface area contributed by atoms with Crippen molar-refractivity contribution in [1.29, 1.82) is 0 Å². The van der Waals surface area contributed by atoms with Gasteiger partial charge in [0.25, 0.3) is 11.7 Å². The number of rotatable bonds is 9. The predicted molar refractivity (Wildman–Crippen MR) is 159 cm³/mol. The average molecular weight is 596 g/mol. The van der Waals surface area contributed by atoms with E-state index in [-0.39, 0.29) is 11.3 Å². The first-order chi connectivity index (χ1) is 19.8. The highest BCUT2D eigenvalue weighted by Gasteiger charge is 2.46. The number of aliphatic hydroxyl groups is 1. The third-order valence-electron chi connectivity index (χ3n) is 7.56. The molecule has 5 rings (SSSR count). The highest BCUT2D eigenvalue weighted by molar-refractivity contribution is 6.46. The number of aliphatic hydroxyl groups excluding tert-OH is 1. The standard InChI is InChI=1S/C32H32Cl2N2O5/c1-21-5-2-3-6-24(21)20-41-25-10-7-22(8-11-25)30(37)28-29(23-9-12-26(33)27(34)19-23)36(32(39)31(28)38)14-4-13-35-15-17-40-18-16-35/h2-3,5-12,19,29,37H,4,13-18,20H2,1H3. The molecule has 3 aromatic rings. The van der Waals surface area contributed by atoms with Crippen molar-refractivity contribution >= 4 is 40.7 Å². The summed E-state index contributed by atoms with van der Waals surface area (Å²) >= 11 is 12.5. The van der Waals surface area contributed by atoms with Gasteiger partial charge in [-0.1, -0.05) is 53.5 Å². The van der Waals surface area contributed by atoms with Crippen LogP contribution in [-0.4, -0.2) is 66.0 Å². The van der Waals surface area contributed by atoms with Crippen LogP contribution in [0, 0.1) is 6.92 Å². The molecule has 1 N–H and O–H groups in total. The van der Waals surface area contributed by atoms with Gasteiger partial charge in [-0.3, -0.25) is 14.5 Å². The van der Waals surface area contributed by atoms with Gasteiger partial charge >= 0.3 is 0 Å². The summed E-state index contributed by atoms with van der Waals surface area (Å²) in [5, 5.41) is 12.1. The van der Waals surface area contributed by atoms with Crippen molar-refractivity contribution in [2.24, 2.45) is 0 Å². The molecule has 0 bridgehead atoms. The molecule has 214 valence electrons. The van der Waals surface area contributed by atoms with Crippen LogP contribution in [0.25, 0.3) is 5.76 Å². The van der Waals surface area contributed by atoms with Crippen molar-refractivity contribution in [1.82, 2.24) is 9.80 Å². The van der Waals surface area contributed by atoms with E-state index in [1.54, 1.807) is 42.5 Å². The Labute approximate surface area is 249 Å². The Bertz CT molecular complexity index is 1450. The Morgan fingerprint density at radius 3 is 2.41 bits per heavy atom. The second-order valence-electron chi connectivity index (χ2n) is 10.2. The minimum absolute atomic E-state index is 0.0216. The van der Waals surface area contributed by atoms with E-state index in [2.05, 4.69) is 4.90 Å². The maximum atomic E-state index is 13.4. The van der Waals surface area contributed by atoms with Gasteiger partial charge in [-0.25, -0.2) is 0 Å². The van der Waals surface area contributed by atoms with E-state index in [1.807, 2.05) is 31.2 Å². The maximum Gasteiger partial charge on any atom is 0.295 e. The van der Waals surface area contributed by atoms with E-state index in [1.165, 1.54) is 4.90 Å². The molecule has 0 aromatic heterocycles. The number of carbonyl (C=O) groups is 2. The van der Waals surface area contributed by atoms with Gasteiger partial charge in [0.1, 0.15) is 18.1 Å². The fourth-order valence-electron chi connectivity index (χ4n) is 5.23. The van der Waals surface area contributed by atoms with E-state index < -0.39 is 17.7 Å². The van der Waals surface area contributed by atoms with Crippen molar-refractivity contribution in [2.75, 3.05) is 39.4 Å². The summed E-state index contributed by atoms with van der Waals surface area (Å²) in [7, 11) is 0. The SMILES string of the molecule is Cc1ccccc1COc1ccc(C(O)=C2C(=O)C(=O)N(CCCN3CCOCC3)C2c2ccc(Cl)c(Cl)c2)cc1. The fraction of sp³-hybridized carbons (Fsp3) is 0.312. The summed E-state index contributed by atoms with van der Waals surface area (Å²) in [5.74, 6) is -1.01. The summed E-state index contributed by atoms with van der Waals surface area (Å²) in [6, 6.07) is 19.0. The number of morpholine rings is 1. The second-order valence-corrected chi connectivity index (χ2v) is 11.0. The summed E-state index contributed by atoms with van der Waals surface area (Å²) in [5.41, 5.74) is 3.25. The van der Waals surface area contributed by atoms with Crippen molar-refractivity contribution in [2.45, 2.75) is 26.0 Å². The molecule has 2 aliphatic rings. The van der Waals surface area contributed by atoms with E-state index in [0.29, 0.717) is 59.7 Å². The number of Topliss-reactive ketones (excluding diaryl/α,β-unsaturated/α-hetero) is 1. The molecule has 9 heteroatoms. The number of benzene rings is 3. The van der Waals surface area contributed by atoms with Crippen LogP contribution in [0.4, 0.5) is 0 Å². The minimum Gasteiger partial charge on any atom is -0.507 e. The monoisotopic (exact) mass is 594 g/mol. The van der Waals surface area contributed by atoms with Gasteiger partial charge in [0, 0.05) is 31.7 Å². The Balaban J connectivity index is 1.40. The molecule has 2 aliphatic heterocycles. The van der Waals surface area contributed by atoms with E-state index in [4.69, 9.17) is 32.7 Å². The number of ketones is 1. The normalized spacial score (nSPS) is 19.1. The number of amides is 1. The van der Waals surface area contributed by atoms with E-state index in [0.717, 1.165) is 30.8 Å². The van der Waals surface area contributed by atoms with Gasteiger partial charge in [0.05, 0.1) is 34.9 Å². The lowest BCUT2D eigenvalue weighted by molar-refractivity contribution is -0.140. The third-order valence-corrected chi connectivity index (χ3v) is 8.30. The summed E-state index contributed by atoms with van der Waals surface area (Å²) in [6.07, 6.45) is 0.664. The van der Waals surface area contributed by atoms with Crippen LogP contribution < -0.4 is 4.74 Å². The van der Waals surface area contributed by atoms with Crippen LogP contribution in [0.1, 0.15) is 34.7 Å². The number of nitrogens with zero attached hydrogens (tertiary/aromatic N) is 2. The highest BCUT2D eigenvalue weighted by atomic mass is 35.5. The molecule has 2 heterocycles. The average Bonchev–Trinajstić information content (AvgIpc) is 3.24. The molecular weight excluding hydrogens is 563 g/mol. The zero-order chi connectivity index (χ0) is 28.9. The van der Waals surface area contributed by atoms with Crippen LogP contribution in [-0.2, 0) is 20.9 Å². The first kappa shape index (κ1) is 29.1. The zero-order valence-electron chi connectivity index (χ0n) is 22.8. The maximum absolute atomic E-state index is 13.4. The smallest absolute Gasteiger partial charge is 0.295 e. The molecule has 7 nitrogen and oxygen atoms in total. The van der Waals surface area contributed by atoms with Crippen molar-refractivity contribution in [3.8, 4) is 5.75 Å². The lowest BCUT2D eigenvalue weighted by Gasteiger charge is -2.29. The van der Waals surface area contributed by atoms with Gasteiger partial charge in [0.15, 0.2) is 0 Å². The van der Waals surface area contributed by atoms with Crippen LogP contribution >= 0.6 is 23.2 Å². The largest absolute Gasteiger partial charge is 0.507 e. The van der Waals surface area contributed by atoms with Crippen molar-refractivity contribution in [3.63, 3.8) is 0 Å². The number of likely N-dealkylation sites (tertiary alicyclic amines) is 1. The molecule has 0 spiro atoms. The van der Waals surface area contributed by atoms with Crippen LogP contribution in [0.2, 0.25) is 10.0 Å². The van der Waals surface area contributed by atoms with E-state index in [9.17, 15) is 14.7 Å².